The SMILES string of the molecule is CC1(C)CCC(C)(C)c2cc3c(-c4cccc(N(c5ccc(-c6ccccc6)cc5)c5ccc(-c6ccccc6)cc5)c4)cccc3cc21. The second-order valence-corrected chi connectivity index (χ2v) is 14.9. The van der Waals surface area contributed by atoms with Crippen molar-refractivity contribution in [3.8, 4) is 33.4 Å². The van der Waals surface area contributed by atoms with E-state index in [1.54, 1.807) is 0 Å². The molecule has 1 heteroatoms. The summed E-state index contributed by atoms with van der Waals surface area (Å²) in [7, 11) is 0. The van der Waals surface area contributed by atoms with Gasteiger partial charge in [0, 0.05) is 17.1 Å². The highest BCUT2D eigenvalue weighted by atomic mass is 15.1. The molecule has 0 saturated carbocycles. The van der Waals surface area contributed by atoms with Crippen LogP contribution in [0.5, 0.6) is 0 Å². The van der Waals surface area contributed by atoms with Gasteiger partial charge in [0.2, 0.25) is 0 Å². The van der Waals surface area contributed by atoms with E-state index in [0.717, 1.165) is 17.1 Å². The van der Waals surface area contributed by atoms with Crippen LogP contribution in [0.25, 0.3) is 44.2 Å². The lowest BCUT2D eigenvalue weighted by Gasteiger charge is -2.42. The van der Waals surface area contributed by atoms with E-state index in [2.05, 4.69) is 196 Å². The Kier molecular flexibility index (Phi) is 7.72. The van der Waals surface area contributed by atoms with Crippen LogP contribution in [0.15, 0.2) is 164 Å². The maximum absolute atomic E-state index is 2.51. The van der Waals surface area contributed by atoms with Crippen LogP contribution >= 0.6 is 0 Å². The van der Waals surface area contributed by atoms with Crippen molar-refractivity contribution in [3.63, 3.8) is 0 Å². The minimum atomic E-state index is 0.155. The van der Waals surface area contributed by atoms with Crippen molar-refractivity contribution in [1.82, 2.24) is 0 Å². The standard InChI is InChI=1S/C48H43N/c1-47(2)29-30-48(3,4)46-33-44-39(32-45(46)47)18-12-20-43(44)38-17-11-19-42(31-38)49(40-25-21-36(22-26-40)34-13-7-5-8-14-34)41-27-23-37(24-28-41)35-15-9-6-10-16-35/h5-28,31-33H,29-30H2,1-4H3. The number of fused-ring (bicyclic) bond motifs is 2. The summed E-state index contributed by atoms with van der Waals surface area (Å²) in [6, 6.07) is 60.0. The van der Waals surface area contributed by atoms with Crippen LogP contribution in [0, 0.1) is 0 Å². The van der Waals surface area contributed by atoms with Crippen LogP contribution in [-0.4, -0.2) is 0 Å². The quantitative estimate of drug-likeness (QED) is 0.176. The van der Waals surface area contributed by atoms with Crippen molar-refractivity contribution in [2.45, 2.75) is 51.4 Å². The largest absolute Gasteiger partial charge is 0.310 e. The highest BCUT2D eigenvalue weighted by Gasteiger charge is 2.37. The van der Waals surface area contributed by atoms with Crippen LogP contribution < -0.4 is 4.90 Å². The molecule has 0 radical (unpaired) electrons. The molecule has 0 atom stereocenters. The van der Waals surface area contributed by atoms with E-state index in [0.29, 0.717) is 0 Å². The molecule has 0 aliphatic heterocycles. The summed E-state index contributed by atoms with van der Waals surface area (Å²) in [5.41, 5.74) is 14.1. The molecule has 7 aromatic rings. The zero-order valence-electron chi connectivity index (χ0n) is 28.9. The highest BCUT2D eigenvalue weighted by molar-refractivity contribution is 5.99. The minimum absolute atomic E-state index is 0.155. The molecule has 0 bridgehead atoms. The normalized spacial score (nSPS) is 14.7. The summed E-state index contributed by atoms with van der Waals surface area (Å²) >= 11 is 0. The van der Waals surface area contributed by atoms with E-state index in [4.69, 9.17) is 0 Å². The summed E-state index contributed by atoms with van der Waals surface area (Å²) in [4.78, 5) is 2.38. The number of benzene rings is 7. The molecule has 0 heterocycles. The Balaban J connectivity index is 1.25. The van der Waals surface area contributed by atoms with Gasteiger partial charge < -0.3 is 4.90 Å². The zero-order chi connectivity index (χ0) is 33.6. The van der Waals surface area contributed by atoms with Crippen molar-refractivity contribution in [3.05, 3.63) is 175 Å². The third-order valence-corrected chi connectivity index (χ3v) is 10.7. The van der Waals surface area contributed by atoms with Crippen LogP contribution in [0.4, 0.5) is 17.1 Å². The lowest BCUT2D eigenvalue weighted by Crippen LogP contribution is -2.33. The molecule has 0 aromatic heterocycles. The van der Waals surface area contributed by atoms with Gasteiger partial charge in [-0.3, -0.25) is 0 Å². The van der Waals surface area contributed by atoms with E-state index < -0.39 is 0 Å². The van der Waals surface area contributed by atoms with E-state index in [9.17, 15) is 0 Å². The van der Waals surface area contributed by atoms with Crippen LogP contribution in [-0.2, 0) is 10.8 Å². The Morgan fingerprint density at radius 1 is 0.388 bits per heavy atom. The molecule has 0 fully saturated rings. The Morgan fingerprint density at radius 3 is 1.41 bits per heavy atom. The molecule has 1 aliphatic carbocycles. The number of nitrogens with zero attached hydrogens (tertiary/aromatic N) is 1. The molecule has 1 aliphatic rings. The van der Waals surface area contributed by atoms with Crippen LogP contribution in [0.1, 0.15) is 51.7 Å². The molecular formula is C48H43N. The van der Waals surface area contributed by atoms with E-state index in [1.165, 1.54) is 68.1 Å². The van der Waals surface area contributed by atoms with Crippen LogP contribution in [0.3, 0.4) is 0 Å². The van der Waals surface area contributed by atoms with Crippen molar-refractivity contribution in [1.29, 1.82) is 0 Å². The van der Waals surface area contributed by atoms with Gasteiger partial charge in [-0.05, 0) is 121 Å². The molecule has 0 N–H and O–H groups in total. The van der Waals surface area contributed by atoms with Gasteiger partial charge in [0.05, 0.1) is 0 Å². The Bertz CT molecular complexity index is 2160. The molecule has 0 unspecified atom stereocenters. The summed E-state index contributed by atoms with van der Waals surface area (Å²) in [6.07, 6.45) is 2.42. The average molecular weight is 634 g/mol. The van der Waals surface area contributed by atoms with Gasteiger partial charge in [0.15, 0.2) is 0 Å². The second-order valence-electron chi connectivity index (χ2n) is 14.9. The lowest BCUT2D eigenvalue weighted by molar-refractivity contribution is 0.332. The summed E-state index contributed by atoms with van der Waals surface area (Å²) in [5, 5.41) is 2.65. The molecular weight excluding hydrogens is 591 g/mol. The smallest absolute Gasteiger partial charge is 0.0467 e. The molecule has 0 saturated heterocycles. The molecule has 240 valence electrons. The number of rotatable bonds is 6. The first kappa shape index (κ1) is 30.9. The molecule has 1 nitrogen and oxygen atoms in total. The Morgan fingerprint density at radius 2 is 0.857 bits per heavy atom. The Hall–Kier alpha value is -5.40. The Labute approximate surface area is 291 Å². The third-order valence-electron chi connectivity index (χ3n) is 10.7. The lowest BCUT2D eigenvalue weighted by atomic mass is 9.62. The topological polar surface area (TPSA) is 3.24 Å². The second kappa shape index (κ2) is 12.2. The maximum Gasteiger partial charge on any atom is 0.0467 e. The summed E-state index contributed by atoms with van der Waals surface area (Å²) < 4.78 is 0. The minimum Gasteiger partial charge on any atom is -0.310 e. The van der Waals surface area contributed by atoms with Crippen molar-refractivity contribution >= 4 is 27.8 Å². The fraction of sp³-hybridized carbons (Fsp3) is 0.167. The number of hydrogen-bond donors (Lipinski definition) is 0. The molecule has 7 aromatic carbocycles. The monoisotopic (exact) mass is 633 g/mol. The van der Waals surface area contributed by atoms with Gasteiger partial charge >= 0.3 is 0 Å². The third kappa shape index (κ3) is 5.85. The van der Waals surface area contributed by atoms with Gasteiger partial charge in [-0.15, -0.1) is 0 Å². The fourth-order valence-corrected chi connectivity index (χ4v) is 7.72. The van der Waals surface area contributed by atoms with E-state index in [1.807, 2.05) is 0 Å². The summed E-state index contributed by atoms with van der Waals surface area (Å²) in [5.74, 6) is 0. The molecule has 8 rings (SSSR count). The van der Waals surface area contributed by atoms with Crippen molar-refractivity contribution in [2.75, 3.05) is 4.90 Å². The number of anilines is 3. The number of hydrogen-bond acceptors (Lipinski definition) is 1. The first-order chi connectivity index (χ1) is 23.8. The fourth-order valence-electron chi connectivity index (χ4n) is 7.72. The zero-order valence-corrected chi connectivity index (χ0v) is 28.9. The first-order valence-electron chi connectivity index (χ1n) is 17.6. The van der Waals surface area contributed by atoms with Gasteiger partial charge in [-0.25, -0.2) is 0 Å². The highest BCUT2D eigenvalue weighted by Crippen LogP contribution is 2.48. The summed E-state index contributed by atoms with van der Waals surface area (Å²) in [6.45, 7) is 9.65. The van der Waals surface area contributed by atoms with Crippen molar-refractivity contribution < 1.29 is 0 Å². The predicted molar refractivity (Wildman–Crippen MR) is 210 cm³/mol. The van der Waals surface area contributed by atoms with Gasteiger partial charge in [0.1, 0.15) is 0 Å². The van der Waals surface area contributed by atoms with Crippen molar-refractivity contribution in [2.24, 2.45) is 0 Å². The molecule has 49 heavy (non-hydrogen) atoms. The van der Waals surface area contributed by atoms with Gasteiger partial charge in [-0.2, -0.15) is 0 Å². The maximum atomic E-state index is 2.51. The van der Waals surface area contributed by atoms with E-state index in [-0.39, 0.29) is 10.8 Å². The molecule has 0 spiro atoms. The predicted octanol–water partition coefficient (Wildman–Crippen LogP) is 13.7. The first-order valence-corrected chi connectivity index (χ1v) is 17.6. The van der Waals surface area contributed by atoms with Gasteiger partial charge in [-0.1, -0.05) is 149 Å². The van der Waals surface area contributed by atoms with E-state index >= 15 is 0 Å². The van der Waals surface area contributed by atoms with Crippen LogP contribution in [0.2, 0.25) is 0 Å². The molecule has 0 amide bonds. The van der Waals surface area contributed by atoms with Gasteiger partial charge in [0.25, 0.3) is 0 Å². The average Bonchev–Trinajstić information content (AvgIpc) is 3.14.